The van der Waals surface area contributed by atoms with Crippen LogP contribution in [-0.4, -0.2) is 47.4 Å². The molecule has 0 bridgehead atoms. The minimum absolute atomic E-state index is 0.175. The molecule has 1 N–H and O–H groups in total. The van der Waals surface area contributed by atoms with Gasteiger partial charge in [-0.2, -0.15) is 0 Å². The highest BCUT2D eigenvalue weighted by Gasteiger charge is 2.31. The minimum atomic E-state index is -0.367. The van der Waals surface area contributed by atoms with E-state index in [1.165, 1.54) is 31.2 Å². The van der Waals surface area contributed by atoms with Crippen molar-refractivity contribution >= 4 is 28.8 Å². The van der Waals surface area contributed by atoms with Gasteiger partial charge in [0.15, 0.2) is 0 Å². The Balaban J connectivity index is 1.08. The molecule has 36 heavy (non-hydrogen) atoms. The van der Waals surface area contributed by atoms with Crippen molar-refractivity contribution in [3.05, 3.63) is 65.7 Å². The van der Waals surface area contributed by atoms with Crippen molar-refractivity contribution in [2.24, 2.45) is 5.92 Å². The SMILES string of the molecule is CN(CCOc1ccc(CC2SC(=O)NC2=O)cc1)C(=O)CCCC1CCC(c2ccccc2)CC1. The molecule has 6 nitrogen and oxygen atoms in total. The van der Waals surface area contributed by atoms with Crippen LogP contribution >= 0.6 is 11.8 Å². The Labute approximate surface area is 218 Å². The van der Waals surface area contributed by atoms with E-state index < -0.39 is 0 Å². The molecule has 1 unspecified atom stereocenters. The van der Waals surface area contributed by atoms with Gasteiger partial charge in [0.2, 0.25) is 11.8 Å². The molecule has 3 amide bonds. The van der Waals surface area contributed by atoms with Gasteiger partial charge in [0.05, 0.1) is 11.8 Å². The molecule has 192 valence electrons. The highest BCUT2D eigenvalue weighted by molar-refractivity contribution is 8.15. The van der Waals surface area contributed by atoms with Crippen molar-refractivity contribution in [2.45, 2.75) is 62.5 Å². The number of nitrogens with one attached hydrogen (secondary N) is 1. The van der Waals surface area contributed by atoms with Crippen LogP contribution in [0.25, 0.3) is 0 Å². The zero-order valence-electron chi connectivity index (χ0n) is 21.0. The number of thioether (sulfide) groups is 1. The number of nitrogens with zero attached hydrogens (tertiary/aromatic N) is 1. The van der Waals surface area contributed by atoms with Crippen molar-refractivity contribution in [1.82, 2.24) is 10.2 Å². The predicted octanol–water partition coefficient (Wildman–Crippen LogP) is 5.56. The van der Waals surface area contributed by atoms with Crippen LogP contribution in [0.2, 0.25) is 0 Å². The molecule has 1 saturated carbocycles. The van der Waals surface area contributed by atoms with Crippen LogP contribution < -0.4 is 10.1 Å². The Morgan fingerprint density at radius 3 is 2.42 bits per heavy atom. The fourth-order valence-corrected chi connectivity index (χ4v) is 5.99. The second-order valence-corrected chi connectivity index (χ2v) is 11.1. The molecule has 0 aromatic heterocycles. The van der Waals surface area contributed by atoms with E-state index in [1.807, 2.05) is 31.3 Å². The predicted molar refractivity (Wildman–Crippen MR) is 143 cm³/mol. The fraction of sp³-hybridized carbons (Fsp3) is 0.483. The van der Waals surface area contributed by atoms with Crippen LogP contribution in [0.1, 0.15) is 62.0 Å². The normalized spacial score (nSPS) is 21.8. The number of rotatable bonds is 11. The van der Waals surface area contributed by atoms with Crippen molar-refractivity contribution in [2.75, 3.05) is 20.2 Å². The van der Waals surface area contributed by atoms with Gasteiger partial charge in [-0.05, 0) is 80.0 Å². The zero-order chi connectivity index (χ0) is 25.3. The molecule has 7 heteroatoms. The molecule has 1 aliphatic heterocycles. The van der Waals surface area contributed by atoms with E-state index in [1.54, 1.807) is 4.90 Å². The van der Waals surface area contributed by atoms with Gasteiger partial charge in [0.25, 0.3) is 5.24 Å². The summed E-state index contributed by atoms with van der Waals surface area (Å²) in [4.78, 5) is 37.3. The number of amides is 3. The van der Waals surface area contributed by atoms with Gasteiger partial charge in [0, 0.05) is 13.5 Å². The first kappa shape index (κ1) is 26.3. The maximum Gasteiger partial charge on any atom is 0.286 e. The lowest BCUT2D eigenvalue weighted by molar-refractivity contribution is -0.130. The molecular formula is C29H36N2O4S. The van der Waals surface area contributed by atoms with Crippen LogP contribution in [0, 0.1) is 5.92 Å². The average molecular weight is 509 g/mol. The van der Waals surface area contributed by atoms with Gasteiger partial charge in [-0.25, -0.2) is 0 Å². The number of ether oxygens (including phenoxy) is 1. The smallest absolute Gasteiger partial charge is 0.286 e. The van der Waals surface area contributed by atoms with Crippen LogP contribution in [0.4, 0.5) is 4.79 Å². The second kappa shape index (κ2) is 12.9. The average Bonchev–Trinajstić information content (AvgIpc) is 3.22. The highest BCUT2D eigenvalue weighted by Crippen LogP contribution is 2.37. The third kappa shape index (κ3) is 7.60. The number of imide groups is 1. The molecular weight excluding hydrogens is 472 g/mol. The standard InChI is InChI=1S/C29H36N2O4S/c1-31(18-19-35-25-16-12-22(13-17-25)20-26-28(33)30-29(34)36-26)27(32)9-5-6-21-10-14-24(15-11-21)23-7-3-2-4-8-23/h2-4,7-8,12-13,16-17,21,24,26H,5-6,9-11,14-15,18-20H2,1H3,(H,30,33,34). The summed E-state index contributed by atoms with van der Waals surface area (Å²) in [5.74, 6) is 2.12. The number of hydrogen-bond acceptors (Lipinski definition) is 5. The summed E-state index contributed by atoms with van der Waals surface area (Å²) in [7, 11) is 1.84. The summed E-state index contributed by atoms with van der Waals surface area (Å²) in [5, 5.41) is 1.66. The summed E-state index contributed by atoms with van der Waals surface area (Å²) in [6.07, 6.45) is 8.24. The summed E-state index contributed by atoms with van der Waals surface area (Å²) in [6, 6.07) is 18.4. The highest BCUT2D eigenvalue weighted by atomic mass is 32.2. The third-order valence-corrected chi connectivity index (χ3v) is 8.33. The molecule has 2 aliphatic rings. The van der Waals surface area contributed by atoms with Crippen LogP contribution in [-0.2, 0) is 16.0 Å². The first-order valence-corrected chi connectivity index (χ1v) is 13.9. The maximum atomic E-state index is 12.5. The number of benzene rings is 2. The van der Waals surface area contributed by atoms with Gasteiger partial charge in [0.1, 0.15) is 12.4 Å². The molecule has 4 rings (SSSR count). The molecule has 2 aromatic carbocycles. The van der Waals surface area contributed by atoms with E-state index in [9.17, 15) is 14.4 Å². The topological polar surface area (TPSA) is 75.7 Å². The van der Waals surface area contributed by atoms with Gasteiger partial charge in [-0.1, -0.05) is 54.2 Å². The first-order chi connectivity index (χ1) is 17.5. The van der Waals surface area contributed by atoms with Crippen LogP contribution in [0.5, 0.6) is 5.75 Å². The molecule has 0 spiro atoms. The lowest BCUT2D eigenvalue weighted by Crippen LogP contribution is -2.30. The number of hydrogen-bond donors (Lipinski definition) is 1. The van der Waals surface area contributed by atoms with E-state index in [-0.39, 0.29) is 22.3 Å². The summed E-state index contributed by atoms with van der Waals surface area (Å²) in [6.45, 7) is 0.976. The largest absolute Gasteiger partial charge is 0.492 e. The Kier molecular flexibility index (Phi) is 9.45. The second-order valence-electron chi connectivity index (χ2n) is 9.92. The number of likely N-dealkylation sites (N-methyl/N-ethyl adjacent to an activating group) is 1. The quantitative estimate of drug-likeness (QED) is 0.430. The number of carbonyl (C=O) groups excluding carboxylic acids is 3. The van der Waals surface area contributed by atoms with E-state index in [4.69, 9.17) is 4.74 Å². The first-order valence-electron chi connectivity index (χ1n) is 13.0. The van der Waals surface area contributed by atoms with E-state index in [0.717, 1.165) is 41.8 Å². The molecule has 2 aromatic rings. The van der Waals surface area contributed by atoms with Gasteiger partial charge < -0.3 is 9.64 Å². The fourth-order valence-electron chi connectivity index (χ4n) is 5.13. The monoisotopic (exact) mass is 508 g/mol. The van der Waals surface area contributed by atoms with E-state index in [0.29, 0.717) is 31.9 Å². The molecule has 2 fully saturated rings. The third-order valence-electron chi connectivity index (χ3n) is 7.35. The van der Waals surface area contributed by atoms with E-state index >= 15 is 0 Å². The summed E-state index contributed by atoms with van der Waals surface area (Å²) < 4.78 is 5.80. The molecule has 1 saturated heterocycles. The van der Waals surface area contributed by atoms with Gasteiger partial charge in [-0.15, -0.1) is 0 Å². The Morgan fingerprint density at radius 1 is 1.03 bits per heavy atom. The molecule has 1 aliphatic carbocycles. The van der Waals surface area contributed by atoms with Crippen molar-refractivity contribution in [1.29, 1.82) is 0 Å². The summed E-state index contributed by atoms with van der Waals surface area (Å²) >= 11 is 1.04. The summed E-state index contributed by atoms with van der Waals surface area (Å²) in [5.41, 5.74) is 2.45. The Morgan fingerprint density at radius 2 is 1.75 bits per heavy atom. The lowest BCUT2D eigenvalue weighted by Gasteiger charge is -2.29. The molecule has 1 heterocycles. The van der Waals surface area contributed by atoms with Crippen molar-refractivity contribution in [3.8, 4) is 5.75 Å². The molecule has 0 radical (unpaired) electrons. The maximum absolute atomic E-state index is 12.5. The van der Waals surface area contributed by atoms with Crippen LogP contribution in [0.15, 0.2) is 54.6 Å². The Bertz CT molecular complexity index is 1020. The Hall–Kier alpha value is -2.80. The molecule has 1 atom stereocenters. The van der Waals surface area contributed by atoms with Gasteiger partial charge in [-0.3, -0.25) is 19.7 Å². The van der Waals surface area contributed by atoms with Gasteiger partial charge >= 0.3 is 0 Å². The van der Waals surface area contributed by atoms with Crippen molar-refractivity contribution in [3.63, 3.8) is 0 Å². The van der Waals surface area contributed by atoms with Crippen LogP contribution in [0.3, 0.4) is 0 Å². The zero-order valence-corrected chi connectivity index (χ0v) is 21.8. The lowest BCUT2D eigenvalue weighted by atomic mass is 9.77. The van der Waals surface area contributed by atoms with Crippen molar-refractivity contribution < 1.29 is 19.1 Å². The van der Waals surface area contributed by atoms with E-state index in [2.05, 4.69) is 35.6 Å². The number of carbonyl (C=O) groups is 3. The minimum Gasteiger partial charge on any atom is -0.492 e.